The van der Waals surface area contributed by atoms with Crippen LogP contribution in [0.2, 0.25) is 0 Å². The number of benzene rings is 2. The Morgan fingerprint density at radius 2 is 2.08 bits per heavy atom. The molecule has 0 fully saturated rings. The average Bonchev–Trinajstić information content (AvgIpc) is 2.55. The topological polar surface area (TPSA) is 76.7 Å². The maximum Gasteiger partial charge on any atom is 0.265 e. The normalized spacial score (nSPS) is 15.8. The monoisotopic (exact) mass is 326 g/mol. The first-order chi connectivity index (χ1) is 11.5. The lowest BCUT2D eigenvalue weighted by molar-refractivity contribution is -0.122. The third-order valence-electron chi connectivity index (χ3n) is 3.65. The van der Waals surface area contributed by atoms with Crippen LogP contribution in [0.1, 0.15) is 12.5 Å². The number of para-hydroxylation sites is 1. The number of carbonyl (C=O) groups excluding carboxylic acids is 2. The van der Waals surface area contributed by atoms with Crippen molar-refractivity contribution in [3.63, 3.8) is 0 Å². The van der Waals surface area contributed by atoms with Crippen LogP contribution in [0.25, 0.3) is 0 Å². The number of carbonyl (C=O) groups is 2. The third kappa shape index (κ3) is 3.48. The van der Waals surface area contributed by atoms with Gasteiger partial charge in [0.15, 0.2) is 12.7 Å². The fourth-order valence-electron chi connectivity index (χ4n) is 2.35. The number of fused-ring (bicyclic) bond motifs is 1. The minimum Gasteiger partial charge on any atom is -0.483 e. The molecule has 2 aromatic rings. The third-order valence-corrected chi connectivity index (χ3v) is 3.65. The molecule has 0 radical (unpaired) electrons. The lowest BCUT2D eigenvalue weighted by Crippen LogP contribution is -2.34. The van der Waals surface area contributed by atoms with Crippen LogP contribution in [0.5, 0.6) is 11.5 Å². The standard InChI is InChI=1S/C18H18N2O4/c1-11-5-3-4-6-15(11)23-10-17(21)19-13-7-8-16-14(9-13)20-18(22)12(2)24-16/h3-9,12H,10H2,1-2H3,(H,19,21)(H,20,22)/t12-/m1/s1. The van der Waals surface area contributed by atoms with Gasteiger partial charge in [-0.05, 0) is 43.7 Å². The maximum atomic E-state index is 12.0. The van der Waals surface area contributed by atoms with Crippen LogP contribution in [-0.2, 0) is 9.59 Å². The molecular weight excluding hydrogens is 308 g/mol. The second-order valence-electron chi connectivity index (χ2n) is 5.56. The molecule has 1 atom stereocenters. The molecule has 2 aromatic carbocycles. The minimum atomic E-state index is -0.527. The number of anilines is 2. The molecule has 2 N–H and O–H groups in total. The van der Waals surface area contributed by atoms with Crippen molar-refractivity contribution in [1.29, 1.82) is 0 Å². The molecule has 0 bridgehead atoms. The molecule has 0 aliphatic carbocycles. The Labute approximate surface area is 139 Å². The lowest BCUT2D eigenvalue weighted by atomic mass is 10.2. The Kier molecular flexibility index (Phi) is 4.37. The van der Waals surface area contributed by atoms with Gasteiger partial charge in [-0.2, -0.15) is 0 Å². The molecule has 124 valence electrons. The molecule has 6 heteroatoms. The summed E-state index contributed by atoms with van der Waals surface area (Å²) in [5.41, 5.74) is 2.06. The number of aryl methyl sites for hydroxylation is 1. The van der Waals surface area contributed by atoms with E-state index < -0.39 is 6.10 Å². The van der Waals surface area contributed by atoms with E-state index in [1.165, 1.54) is 0 Å². The molecule has 1 aliphatic heterocycles. The van der Waals surface area contributed by atoms with Gasteiger partial charge >= 0.3 is 0 Å². The van der Waals surface area contributed by atoms with E-state index in [1.54, 1.807) is 25.1 Å². The second kappa shape index (κ2) is 6.62. The smallest absolute Gasteiger partial charge is 0.265 e. The number of rotatable bonds is 4. The van der Waals surface area contributed by atoms with E-state index in [0.29, 0.717) is 22.9 Å². The first-order valence-corrected chi connectivity index (χ1v) is 7.63. The first kappa shape index (κ1) is 15.9. The van der Waals surface area contributed by atoms with Crippen molar-refractivity contribution in [3.05, 3.63) is 48.0 Å². The van der Waals surface area contributed by atoms with E-state index in [0.717, 1.165) is 5.56 Å². The fourth-order valence-corrected chi connectivity index (χ4v) is 2.35. The Balaban J connectivity index is 1.62. The van der Waals surface area contributed by atoms with Crippen molar-refractivity contribution in [2.24, 2.45) is 0 Å². The van der Waals surface area contributed by atoms with Gasteiger partial charge in [0.2, 0.25) is 0 Å². The highest BCUT2D eigenvalue weighted by atomic mass is 16.5. The number of amides is 2. The Morgan fingerprint density at radius 3 is 2.88 bits per heavy atom. The highest BCUT2D eigenvalue weighted by molar-refractivity contribution is 5.99. The van der Waals surface area contributed by atoms with Crippen LogP contribution in [0.15, 0.2) is 42.5 Å². The van der Waals surface area contributed by atoms with Crippen LogP contribution >= 0.6 is 0 Å². The zero-order valence-electron chi connectivity index (χ0n) is 13.5. The Morgan fingerprint density at radius 1 is 1.29 bits per heavy atom. The molecule has 0 saturated heterocycles. The van der Waals surface area contributed by atoms with Crippen molar-refractivity contribution in [3.8, 4) is 11.5 Å². The van der Waals surface area contributed by atoms with Crippen LogP contribution in [0.3, 0.4) is 0 Å². The summed E-state index contributed by atoms with van der Waals surface area (Å²) < 4.78 is 11.0. The fraction of sp³-hybridized carbons (Fsp3) is 0.222. The molecule has 0 aromatic heterocycles. The molecule has 2 amide bonds. The summed E-state index contributed by atoms with van der Waals surface area (Å²) in [4.78, 5) is 23.7. The highest BCUT2D eigenvalue weighted by Crippen LogP contribution is 2.32. The second-order valence-corrected chi connectivity index (χ2v) is 5.56. The van der Waals surface area contributed by atoms with E-state index in [1.807, 2.05) is 31.2 Å². The molecule has 3 rings (SSSR count). The quantitative estimate of drug-likeness (QED) is 0.906. The van der Waals surface area contributed by atoms with Gasteiger partial charge in [-0.1, -0.05) is 18.2 Å². The van der Waals surface area contributed by atoms with Gasteiger partial charge in [-0.15, -0.1) is 0 Å². The predicted octanol–water partition coefficient (Wildman–Crippen LogP) is 2.73. The summed E-state index contributed by atoms with van der Waals surface area (Å²) in [6.45, 7) is 3.50. The Hall–Kier alpha value is -3.02. The minimum absolute atomic E-state index is 0.0954. The van der Waals surface area contributed by atoms with Crippen LogP contribution in [-0.4, -0.2) is 24.5 Å². The summed E-state index contributed by atoms with van der Waals surface area (Å²) in [5.74, 6) is 0.757. The average molecular weight is 326 g/mol. The molecule has 0 saturated carbocycles. The van der Waals surface area contributed by atoms with Crippen LogP contribution in [0, 0.1) is 6.92 Å². The van der Waals surface area contributed by atoms with Crippen LogP contribution in [0.4, 0.5) is 11.4 Å². The molecule has 6 nitrogen and oxygen atoms in total. The summed E-state index contributed by atoms with van der Waals surface area (Å²) in [5, 5.41) is 5.48. The van der Waals surface area contributed by atoms with E-state index >= 15 is 0 Å². The van der Waals surface area contributed by atoms with Crippen molar-refractivity contribution >= 4 is 23.2 Å². The zero-order valence-corrected chi connectivity index (χ0v) is 13.5. The van der Waals surface area contributed by atoms with Crippen molar-refractivity contribution < 1.29 is 19.1 Å². The van der Waals surface area contributed by atoms with Gasteiger partial charge in [0.25, 0.3) is 11.8 Å². The van der Waals surface area contributed by atoms with E-state index in [4.69, 9.17) is 9.47 Å². The lowest BCUT2D eigenvalue weighted by Gasteiger charge is -2.23. The summed E-state index contributed by atoms with van der Waals surface area (Å²) in [6, 6.07) is 12.6. The largest absolute Gasteiger partial charge is 0.483 e. The molecule has 0 unspecified atom stereocenters. The first-order valence-electron chi connectivity index (χ1n) is 7.63. The maximum absolute atomic E-state index is 12.0. The van der Waals surface area contributed by atoms with Crippen molar-refractivity contribution in [1.82, 2.24) is 0 Å². The van der Waals surface area contributed by atoms with Gasteiger partial charge in [0.1, 0.15) is 11.5 Å². The van der Waals surface area contributed by atoms with Gasteiger partial charge in [-0.3, -0.25) is 9.59 Å². The van der Waals surface area contributed by atoms with Gasteiger partial charge in [0.05, 0.1) is 5.69 Å². The van der Waals surface area contributed by atoms with Crippen LogP contribution < -0.4 is 20.1 Å². The van der Waals surface area contributed by atoms with Gasteiger partial charge < -0.3 is 20.1 Å². The Bertz CT molecular complexity index is 788. The van der Waals surface area contributed by atoms with Gasteiger partial charge in [0, 0.05) is 5.69 Å². The highest BCUT2D eigenvalue weighted by Gasteiger charge is 2.23. The number of hydrogen-bond donors (Lipinski definition) is 2. The molecular formula is C18H18N2O4. The molecule has 0 spiro atoms. The van der Waals surface area contributed by atoms with Crippen molar-refractivity contribution in [2.45, 2.75) is 20.0 Å². The predicted molar refractivity (Wildman–Crippen MR) is 90.5 cm³/mol. The zero-order chi connectivity index (χ0) is 17.1. The van der Waals surface area contributed by atoms with Gasteiger partial charge in [-0.25, -0.2) is 0 Å². The van der Waals surface area contributed by atoms with E-state index in [2.05, 4.69) is 10.6 Å². The molecule has 1 heterocycles. The molecule has 24 heavy (non-hydrogen) atoms. The summed E-state index contributed by atoms with van der Waals surface area (Å²) in [6.07, 6.45) is -0.527. The number of hydrogen-bond acceptors (Lipinski definition) is 4. The summed E-state index contributed by atoms with van der Waals surface area (Å²) >= 11 is 0. The SMILES string of the molecule is Cc1ccccc1OCC(=O)Nc1ccc2c(c1)NC(=O)[C@@H](C)O2. The number of ether oxygens (including phenoxy) is 2. The van der Waals surface area contributed by atoms with E-state index in [-0.39, 0.29) is 18.4 Å². The number of nitrogens with one attached hydrogen (secondary N) is 2. The van der Waals surface area contributed by atoms with Crippen molar-refractivity contribution in [2.75, 3.05) is 17.2 Å². The summed E-state index contributed by atoms with van der Waals surface area (Å²) in [7, 11) is 0. The molecule has 1 aliphatic rings. The van der Waals surface area contributed by atoms with E-state index in [9.17, 15) is 9.59 Å².